The van der Waals surface area contributed by atoms with E-state index in [-0.39, 0.29) is 0 Å². The minimum atomic E-state index is 0.372. The Hall–Kier alpha value is -0.870. The Balaban J connectivity index is 2.49. The molecular weight excluding hydrogens is 166 g/mol. The van der Waals surface area contributed by atoms with Gasteiger partial charge in [-0.25, -0.2) is 0 Å². The van der Waals surface area contributed by atoms with Gasteiger partial charge in [-0.2, -0.15) is 0 Å². The van der Waals surface area contributed by atoms with E-state index in [0.29, 0.717) is 12.6 Å². The van der Waals surface area contributed by atoms with E-state index in [0.717, 1.165) is 18.0 Å². The molecule has 2 N–H and O–H groups in total. The number of hydrogen-bond donors (Lipinski definition) is 1. The predicted molar refractivity (Wildman–Crippen MR) is 51.2 cm³/mol. The minimum Gasteiger partial charge on any atom is -0.361 e. The maximum absolute atomic E-state index is 5.55. The van der Waals surface area contributed by atoms with Crippen LogP contribution in [0.4, 0.5) is 0 Å². The summed E-state index contributed by atoms with van der Waals surface area (Å²) < 4.78 is 4.97. The van der Waals surface area contributed by atoms with Crippen molar-refractivity contribution in [3.63, 3.8) is 0 Å². The Morgan fingerprint density at radius 2 is 2.38 bits per heavy atom. The van der Waals surface area contributed by atoms with Crippen LogP contribution in [0, 0.1) is 6.92 Å². The Morgan fingerprint density at radius 3 is 2.85 bits per heavy atom. The fourth-order valence-corrected chi connectivity index (χ4v) is 1.08. The largest absolute Gasteiger partial charge is 0.361 e. The first-order valence-corrected chi connectivity index (χ1v) is 4.46. The lowest BCUT2D eigenvalue weighted by atomic mass is 10.3. The summed E-state index contributed by atoms with van der Waals surface area (Å²) in [6.45, 7) is 5.43. The highest BCUT2D eigenvalue weighted by Gasteiger charge is 2.09. The van der Waals surface area contributed by atoms with Crippen molar-refractivity contribution in [2.24, 2.45) is 5.73 Å². The molecule has 0 bridgehead atoms. The van der Waals surface area contributed by atoms with Crippen molar-refractivity contribution in [3.05, 3.63) is 17.5 Å². The molecule has 0 aliphatic rings. The van der Waals surface area contributed by atoms with E-state index in [1.165, 1.54) is 0 Å². The molecule has 0 aromatic carbocycles. The standard InChI is InChI=1S/C9H17N3O/c1-7(5-10)12(3)6-9-4-8(2)13-11-9/h4,7H,5-6,10H2,1-3H3. The number of nitrogens with two attached hydrogens (primary N) is 1. The summed E-state index contributed by atoms with van der Waals surface area (Å²) in [5.74, 6) is 0.851. The highest BCUT2D eigenvalue weighted by atomic mass is 16.5. The zero-order valence-corrected chi connectivity index (χ0v) is 8.45. The van der Waals surface area contributed by atoms with Crippen molar-refractivity contribution in [1.82, 2.24) is 10.1 Å². The Labute approximate surface area is 78.7 Å². The third-order valence-corrected chi connectivity index (χ3v) is 2.18. The van der Waals surface area contributed by atoms with Crippen molar-refractivity contribution in [3.8, 4) is 0 Å². The molecule has 0 saturated heterocycles. The second-order valence-corrected chi connectivity index (χ2v) is 3.43. The predicted octanol–water partition coefficient (Wildman–Crippen LogP) is 0.762. The van der Waals surface area contributed by atoms with E-state index in [1.807, 2.05) is 20.0 Å². The molecule has 0 aliphatic heterocycles. The van der Waals surface area contributed by atoms with Gasteiger partial charge in [0.05, 0.1) is 5.69 Å². The zero-order chi connectivity index (χ0) is 9.84. The summed E-state index contributed by atoms with van der Waals surface area (Å²) in [5, 5.41) is 3.91. The molecule has 1 unspecified atom stereocenters. The van der Waals surface area contributed by atoms with Crippen molar-refractivity contribution in [2.75, 3.05) is 13.6 Å². The molecule has 1 aromatic heterocycles. The molecule has 0 saturated carbocycles. The average Bonchev–Trinajstić information content (AvgIpc) is 2.49. The summed E-state index contributed by atoms with van der Waals surface area (Å²) in [5.41, 5.74) is 6.50. The topological polar surface area (TPSA) is 55.3 Å². The van der Waals surface area contributed by atoms with E-state index < -0.39 is 0 Å². The van der Waals surface area contributed by atoms with E-state index in [2.05, 4.69) is 17.0 Å². The van der Waals surface area contributed by atoms with Crippen LogP contribution in [0.3, 0.4) is 0 Å². The van der Waals surface area contributed by atoms with Crippen molar-refractivity contribution < 1.29 is 4.52 Å². The summed E-state index contributed by atoms with van der Waals surface area (Å²) in [6, 6.07) is 2.32. The first-order chi connectivity index (χ1) is 6.13. The van der Waals surface area contributed by atoms with Crippen LogP contribution in [0.2, 0.25) is 0 Å². The third kappa shape index (κ3) is 2.82. The van der Waals surface area contributed by atoms with Crippen LogP contribution < -0.4 is 5.73 Å². The summed E-state index contributed by atoms with van der Waals surface area (Å²) in [6.07, 6.45) is 0. The highest BCUT2D eigenvalue weighted by molar-refractivity contribution is 5.03. The monoisotopic (exact) mass is 183 g/mol. The van der Waals surface area contributed by atoms with Gasteiger partial charge in [0, 0.05) is 25.2 Å². The second kappa shape index (κ2) is 4.39. The van der Waals surface area contributed by atoms with Crippen molar-refractivity contribution in [2.45, 2.75) is 26.4 Å². The van der Waals surface area contributed by atoms with Crippen LogP contribution in [0.15, 0.2) is 10.6 Å². The molecule has 0 spiro atoms. The first kappa shape index (κ1) is 10.2. The molecule has 0 radical (unpaired) electrons. The maximum atomic E-state index is 5.55. The van der Waals surface area contributed by atoms with Crippen LogP contribution in [0.1, 0.15) is 18.4 Å². The fourth-order valence-electron chi connectivity index (χ4n) is 1.08. The number of hydrogen-bond acceptors (Lipinski definition) is 4. The molecule has 1 aromatic rings. The van der Waals surface area contributed by atoms with Gasteiger partial charge in [-0.3, -0.25) is 4.90 Å². The molecule has 4 nitrogen and oxygen atoms in total. The number of nitrogens with zero attached hydrogens (tertiary/aromatic N) is 2. The van der Waals surface area contributed by atoms with Crippen LogP contribution in [0.5, 0.6) is 0 Å². The molecule has 1 atom stereocenters. The minimum absolute atomic E-state index is 0.372. The summed E-state index contributed by atoms with van der Waals surface area (Å²) in [4.78, 5) is 2.15. The number of aryl methyl sites for hydroxylation is 1. The number of likely N-dealkylation sites (N-methyl/N-ethyl adjacent to an activating group) is 1. The lowest BCUT2D eigenvalue weighted by Crippen LogP contribution is -2.34. The molecule has 74 valence electrons. The summed E-state index contributed by atoms with van der Waals surface area (Å²) in [7, 11) is 2.03. The quantitative estimate of drug-likeness (QED) is 0.748. The first-order valence-electron chi connectivity index (χ1n) is 4.46. The molecule has 0 amide bonds. The smallest absolute Gasteiger partial charge is 0.133 e. The Kier molecular flexibility index (Phi) is 3.45. The van der Waals surface area contributed by atoms with Crippen LogP contribution >= 0.6 is 0 Å². The van der Waals surface area contributed by atoms with Gasteiger partial charge < -0.3 is 10.3 Å². The van der Waals surface area contributed by atoms with Crippen molar-refractivity contribution >= 4 is 0 Å². The Morgan fingerprint density at radius 1 is 1.69 bits per heavy atom. The van der Waals surface area contributed by atoms with Gasteiger partial charge in [0.1, 0.15) is 5.76 Å². The number of aromatic nitrogens is 1. The highest BCUT2D eigenvalue weighted by Crippen LogP contribution is 2.06. The van der Waals surface area contributed by atoms with Crippen LogP contribution in [-0.2, 0) is 6.54 Å². The third-order valence-electron chi connectivity index (χ3n) is 2.18. The molecular formula is C9H17N3O. The molecule has 1 heterocycles. The van der Waals surface area contributed by atoms with Crippen LogP contribution in [0.25, 0.3) is 0 Å². The fraction of sp³-hybridized carbons (Fsp3) is 0.667. The van der Waals surface area contributed by atoms with Gasteiger partial charge >= 0.3 is 0 Å². The zero-order valence-electron chi connectivity index (χ0n) is 8.45. The maximum Gasteiger partial charge on any atom is 0.133 e. The summed E-state index contributed by atoms with van der Waals surface area (Å²) >= 11 is 0. The Bertz CT molecular complexity index is 259. The molecule has 13 heavy (non-hydrogen) atoms. The van der Waals surface area contributed by atoms with E-state index >= 15 is 0 Å². The van der Waals surface area contributed by atoms with Crippen LogP contribution in [-0.4, -0.2) is 29.7 Å². The SMILES string of the molecule is Cc1cc(CN(C)C(C)CN)no1. The number of rotatable bonds is 4. The average molecular weight is 183 g/mol. The molecule has 0 fully saturated rings. The molecule has 4 heteroatoms. The van der Waals surface area contributed by atoms with Gasteiger partial charge in [-0.15, -0.1) is 0 Å². The lowest BCUT2D eigenvalue weighted by Gasteiger charge is -2.21. The van der Waals surface area contributed by atoms with Gasteiger partial charge in [0.15, 0.2) is 0 Å². The van der Waals surface area contributed by atoms with Gasteiger partial charge in [0.2, 0.25) is 0 Å². The normalized spacial score (nSPS) is 13.6. The van der Waals surface area contributed by atoms with Gasteiger partial charge in [0.25, 0.3) is 0 Å². The van der Waals surface area contributed by atoms with Gasteiger partial charge in [-0.1, -0.05) is 5.16 Å². The molecule has 0 aliphatic carbocycles. The van der Waals surface area contributed by atoms with Crippen molar-refractivity contribution in [1.29, 1.82) is 0 Å². The van der Waals surface area contributed by atoms with E-state index in [9.17, 15) is 0 Å². The van der Waals surface area contributed by atoms with Gasteiger partial charge in [-0.05, 0) is 20.9 Å². The lowest BCUT2D eigenvalue weighted by molar-refractivity contribution is 0.246. The van der Waals surface area contributed by atoms with E-state index in [1.54, 1.807) is 0 Å². The molecule has 1 rings (SSSR count). The van der Waals surface area contributed by atoms with E-state index in [4.69, 9.17) is 10.3 Å². The second-order valence-electron chi connectivity index (χ2n) is 3.43.